The Kier molecular flexibility index (Phi) is 5.14. The molecule has 3 N–H and O–H groups in total. The Hall–Kier alpha value is -3.28. The molecule has 1 aliphatic heterocycles. The molecular formula is C25H29N5O. The van der Waals surface area contributed by atoms with Crippen LogP contribution in [0, 0.1) is 19.8 Å². The van der Waals surface area contributed by atoms with Gasteiger partial charge in [-0.15, -0.1) is 0 Å². The number of aromatic amines is 2. The highest BCUT2D eigenvalue weighted by Crippen LogP contribution is 2.24. The standard InChI is InChI=1S/C25H29N5O/c1-16-5-7-21-20(12-16)18(14-27-21)9-10-26-24(31)19-4-3-11-30(15-19)25-28-22-8-6-17(2)13-23(22)29-25/h5-8,12-14,19,27H,3-4,9-11,15H2,1-2H3,(H,26,31)(H,28,29)/t19-/m1/s1. The monoisotopic (exact) mass is 415 g/mol. The maximum atomic E-state index is 12.9. The van der Waals surface area contributed by atoms with Crippen LogP contribution in [0.1, 0.15) is 29.5 Å². The second-order valence-electron chi connectivity index (χ2n) is 8.77. The summed E-state index contributed by atoms with van der Waals surface area (Å²) in [6.45, 7) is 6.48. The van der Waals surface area contributed by atoms with Crippen LogP contribution in [-0.2, 0) is 11.2 Å². The molecule has 0 aliphatic carbocycles. The molecule has 0 spiro atoms. The Morgan fingerprint density at radius 3 is 2.90 bits per heavy atom. The molecule has 2 aromatic heterocycles. The molecule has 0 bridgehead atoms. The van der Waals surface area contributed by atoms with E-state index in [1.807, 2.05) is 6.07 Å². The fraction of sp³-hybridized carbons (Fsp3) is 0.360. The van der Waals surface area contributed by atoms with Crippen LogP contribution in [0.4, 0.5) is 5.95 Å². The van der Waals surface area contributed by atoms with Crippen LogP contribution in [-0.4, -0.2) is 40.5 Å². The van der Waals surface area contributed by atoms with Gasteiger partial charge in [-0.3, -0.25) is 4.79 Å². The first-order valence-corrected chi connectivity index (χ1v) is 11.1. The van der Waals surface area contributed by atoms with E-state index in [1.165, 1.54) is 22.1 Å². The lowest BCUT2D eigenvalue weighted by atomic mass is 9.97. The number of piperidine rings is 1. The highest BCUT2D eigenvalue weighted by Gasteiger charge is 2.27. The number of carbonyl (C=O) groups is 1. The quantitative estimate of drug-likeness (QED) is 0.456. The summed E-state index contributed by atoms with van der Waals surface area (Å²) in [6, 6.07) is 12.7. The van der Waals surface area contributed by atoms with E-state index < -0.39 is 0 Å². The molecule has 4 aromatic rings. The average Bonchev–Trinajstić information content (AvgIpc) is 3.37. The molecule has 1 aliphatic rings. The van der Waals surface area contributed by atoms with Gasteiger partial charge in [-0.25, -0.2) is 4.98 Å². The number of imidazole rings is 1. The van der Waals surface area contributed by atoms with Gasteiger partial charge in [-0.05, 0) is 68.5 Å². The summed E-state index contributed by atoms with van der Waals surface area (Å²) in [7, 11) is 0. The number of anilines is 1. The van der Waals surface area contributed by atoms with Crippen molar-refractivity contribution in [2.45, 2.75) is 33.1 Å². The Bertz CT molecular complexity index is 1240. The number of H-pyrrole nitrogens is 2. The summed E-state index contributed by atoms with van der Waals surface area (Å²) in [5, 5.41) is 4.41. The van der Waals surface area contributed by atoms with Crippen LogP contribution >= 0.6 is 0 Å². The molecule has 1 saturated heterocycles. The number of amides is 1. The van der Waals surface area contributed by atoms with Crippen molar-refractivity contribution in [3.8, 4) is 0 Å². The minimum absolute atomic E-state index is 0.00564. The molecule has 5 rings (SSSR count). The van der Waals surface area contributed by atoms with Crippen molar-refractivity contribution in [1.29, 1.82) is 0 Å². The van der Waals surface area contributed by atoms with Crippen molar-refractivity contribution in [2.24, 2.45) is 5.92 Å². The van der Waals surface area contributed by atoms with E-state index in [4.69, 9.17) is 4.98 Å². The lowest BCUT2D eigenvalue weighted by Crippen LogP contribution is -2.43. The first-order valence-electron chi connectivity index (χ1n) is 11.1. The summed E-state index contributed by atoms with van der Waals surface area (Å²) in [4.78, 5) is 26.6. The maximum Gasteiger partial charge on any atom is 0.224 e. The SMILES string of the molecule is Cc1ccc2nc(N3CCC[C@@H](C(=O)NCCc4c[nH]c5ccc(C)cc45)C3)[nH]c2c1. The maximum absolute atomic E-state index is 12.9. The fourth-order valence-corrected chi connectivity index (χ4v) is 4.61. The zero-order valence-corrected chi connectivity index (χ0v) is 18.2. The Morgan fingerprint density at radius 2 is 2.00 bits per heavy atom. The van der Waals surface area contributed by atoms with E-state index in [9.17, 15) is 4.79 Å². The molecule has 6 nitrogen and oxygen atoms in total. The van der Waals surface area contributed by atoms with Gasteiger partial charge in [0.15, 0.2) is 0 Å². The van der Waals surface area contributed by atoms with Crippen molar-refractivity contribution in [3.63, 3.8) is 0 Å². The number of rotatable bonds is 5. The number of fused-ring (bicyclic) bond motifs is 2. The molecule has 0 saturated carbocycles. The van der Waals surface area contributed by atoms with Gasteiger partial charge < -0.3 is 20.2 Å². The van der Waals surface area contributed by atoms with Crippen LogP contribution < -0.4 is 10.2 Å². The number of aromatic nitrogens is 3. The molecule has 6 heteroatoms. The van der Waals surface area contributed by atoms with Gasteiger partial charge in [0.2, 0.25) is 11.9 Å². The summed E-state index contributed by atoms with van der Waals surface area (Å²) >= 11 is 0. The van der Waals surface area contributed by atoms with Crippen LogP contribution in [0.2, 0.25) is 0 Å². The van der Waals surface area contributed by atoms with Crippen molar-refractivity contribution in [3.05, 3.63) is 59.3 Å². The van der Waals surface area contributed by atoms with Gasteiger partial charge in [0.1, 0.15) is 0 Å². The highest BCUT2D eigenvalue weighted by molar-refractivity contribution is 5.84. The van der Waals surface area contributed by atoms with E-state index in [1.54, 1.807) is 0 Å². The van der Waals surface area contributed by atoms with Crippen LogP contribution in [0.5, 0.6) is 0 Å². The third-order valence-corrected chi connectivity index (χ3v) is 6.33. The van der Waals surface area contributed by atoms with E-state index in [-0.39, 0.29) is 11.8 Å². The summed E-state index contributed by atoms with van der Waals surface area (Å²) < 4.78 is 0. The van der Waals surface area contributed by atoms with E-state index in [0.717, 1.165) is 48.3 Å². The molecule has 2 aromatic carbocycles. The van der Waals surface area contributed by atoms with Gasteiger partial charge in [0, 0.05) is 36.7 Å². The number of aryl methyl sites for hydroxylation is 2. The van der Waals surface area contributed by atoms with Crippen molar-refractivity contribution in [1.82, 2.24) is 20.3 Å². The van der Waals surface area contributed by atoms with E-state index >= 15 is 0 Å². The predicted octanol–water partition coefficient (Wildman–Crippen LogP) is 4.24. The molecule has 160 valence electrons. The van der Waals surface area contributed by atoms with Gasteiger partial charge in [-0.1, -0.05) is 17.7 Å². The van der Waals surface area contributed by atoms with Crippen molar-refractivity contribution >= 4 is 33.8 Å². The first kappa shape index (κ1) is 19.7. The zero-order valence-electron chi connectivity index (χ0n) is 18.2. The van der Waals surface area contributed by atoms with Gasteiger partial charge >= 0.3 is 0 Å². The second kappa shape index (κ2) is 8.10. The molecule has 1 fully saturated rings. The van der Waals surface area contributed by atoms with Crippen molar-refractivity contribution in [2.75, 3.05) is 24.5 Å². The van der Waals surface area contributed by atoms with Crippen molar-refractivity contribution < 1.29 is 4.79 Å². The molecule has 1 amide bonds. The third kappa shape index (κ3) is 4.02. The molecular weight excluding hydrogens is 386 g/mol. The average molecular weight is 416 g/mol. The normalized spacial score (nSPS) is 16.8. The summed E-state index contributed by atoms with van der Waals surface area (Å²) in [5.74, 6) is 1.01. The molecule has 3 heterocycles. The predicted molar refractivity (Wildman–Crippen MR) is 126 cm³/mol. The Balaban J connectivity index is 1.20. The summed E-state index contributed by atoms with van der Waals surface area (Å²) in [6.07, 6.45) is 4.81. The largest absolute Gasteiger partial charge is 0.361 e. The van der Waals surface area contributed by atoms with E-state index in [2.05, 4.69) is 70.6 Å². The topological polar surface area (TPSA) is 76.8 Å². The number of nitrogens with one attached hydrogen (secondary N) is 3. The summed E-state index contributed by atoms with van der Waals surface area (Å²) in [5.41, 5.74) is 6.89. The lowest BCUT2D eigenvalue weighted by Gasteiger charge is -2.31. The minimum Gasteiger partial charge on any atom is -0.361 e. The van der Waals surface area contributed by atoms with Crippen LogP contribution in [0.15, 0.2) is 42.6 Å². The van der Waals surface area contributed by atoms with E-state index in [0.29, 0.717) is 13.1 Å². The van der Waals surface area contributed by atoms with Gasteiger partial charge in [0.25, 0.3) is 0 Å². The highest BCUT2D eigenvalue weighted by atomic mass is 16.1. The molecule has 0 unspecified atom stereocenters. The number of carbonyl (C=O) groups excluding carboxylic acids is 1. The minimum atomic E-state index is -0.00564. The van der Waals surface area contributed by atoms with Gasteiger partial charge in [-0.2, -0.15) is 0 Å². The zero-order chi connectivity index (χ0) is 21.4. The molecule has 31 heavy (non-hydrogen) atoms. The second-order valence-corrected chi connectivity index (χ2v) is 8.77. The number of hydrogen-bond acceptors (Lipinski definition) is 3. The third-order valence-electron chi connectivity index (χ3n) is 6.33. The number of hydrogen-bond donors (Lipinski definition) is 3. The molecule has 1 atom stereocenters. The number of benzene rings is 2. The van der Waals surface area contributed by atoms with Crippen LogP contribution in [0.25, 0.3) is 21.9 Å². The van der Waals surface area contributed by atoms with Crippen LogP contribution in [0.3, 0.4) is 0 Å². The Labute approximate surface area is 182 Å². The smallest absolute Gasteiger partial charge is 0.224 e. The molecule has 0 radical (unpaired) electrons. The van der Waals surface area contributed by atoms with Gasteiger partial charge in [0.05, 0.1) is 17.0 Å². The number of nitrogens with zero attached hydrogens (tertiary/aromatic N) is 2. The Morgan fingerprint density at radius 1 is 1.16 bits per heavy atom. The first-order chi connectivity index (χ1) is 15.1. The lowest BCUT2D eigenvalue weighted by molar-refractivity contribution is -0.125. The fourth-order valence-electron chi connectivity index (χ4n) is 4.61.